The second kappa shape index (κ2) is 8.74. The van der Waals surface area contributed by atoms with Crippen LogP contribution in [-0.4, -0.2) is 17.6 Å². The Morgan fingerprint density at radius 3 is 2.68 bits per heavy atom. The van der Waals surface area contributed by atoms with Crippen molar-refractivity contribution in [1.29, 1.82) is 0 Å². The van der Waals surface area contributed by atoms with E-state index in [9.17, 15) is 4.79 Å². The molecule has 2 fully saturated rings. The first-order chi connectivity index (χ1) is 15.1. The Labute approximate surface area is 189 Å². The number of para-hydroxylation sites is 2. The van der Waals surface area contributed by atoms with Gasteiger partial charge in [-0.1, -0.05) is 41.9 Å². The smallest absolute Gasteiger partial charge is 0.220 e. The van der Waals surface area contributed by atoms with Gasteiger partial charge in [0.1, 0.15) is 17.1 Å². The second-order valence-electron chi connectivity index (χ2n) is 9.25. The van der Waals surface area contributed by atoms with Crippen LogP contribution in [0.3, 0.4) is 0 Å². The lowest BCUT2D eigenvalue weighted by Gasteiger charge is -2.48. The fraction of sp³-hybridized carbons (Fsp3) is 0.500. The Kier molecular flexibility index (Phi) is 5.83. The van der Waals surface area contributed by atoms with E-state index in [1.165, 1.54) is 12.8 Å². The van der Waals surface area contributed by atoms with Crippen LogP contribution in [0.15, 0.2) is 42.5 Å². The minimum atomic E-state index is -0.169. The third-order valence-electron chi connectivity index (χ3n) is 7.06. The van der Waals surface area contributed by atoms with E-state index < -0.39 is 0 Å². The molecule has 0 radical (unpaired) electrons. The Morgan fingerprint density at radius 2 is 1.90 bits per heavy atom. The highest BCUT2D eigenvalue weighted by Crippen LogP contribution is 2.50. The van der Waals surface area contributed by atoms with Gasteiger partial charge in [0.25, 0.3) is 0 Å². The molecule has 1 N–H and O–H groups in total. The van der Waals surface area contributed by atoms with Crippen LogP contribution in [0.5, 0.6) is 11.5 Å². The zero-order chi connectivity index (χ0) is 21.3. The molecule has 5 rings (SSSR count). The summed E-state index contributed by atoms with van der Waals surface area (Å²) in [5.41, 5.74) is 1.93. The van der Waals surface area contributed by atoms with Crippen LogP contribution >= 0.6 is 11.6 Å². The van der Waals surface area contributed by atoms with E-state index in [0.29, 0.717) is 24.0 Å². The topological polar surface area (TPSA) is 47.6 Å². The average molecular weight is 440 g/mol. The quantitative estimate of drug-likeness (QED) is 0.586. The maximum absolute atomic E-state index is 12.9. The van der Waals surface area contributed by atoms with Crippen LogP contribution in [0, 0.1) is 0 Å². The molecule has 2 aliphatic carbocycles. The van der Waals surface area contributed by atoms with Crippen molar-refractivity contribution in [3.8, 4) is 11.5 Å². The highest BCUT2D eigenvalue weighted by molar-refractivity contribution is 6.32. The molecule has 2 aromatic rings. The van der Waals surface area contributed by atoms with Crippen LogP contribution in [0.4, 0.5) is 0 Å². The molecule has 31 heavy (non-hydrogen) atoms. The van der Waals surface area contributed by atoms with Gasteiger partial charge in [-0.05, 0) is 69.1 Å². The summed E-state index contributed by atoms with van der Waals surface area (Å²) in [6, 6.07) is 13.9. The lowest BCUT2D eigenvalue weighted by molar-refractivity contribution is -0.123. The molecule has 164 valence electrons. The molecule has 4 nitrogen and oxygen atoms in total. The van der Waals surface area contributed by atoms with E-state index in [1.807, 2.05) is 36.4 Å². The predicted molar refractivity (Wildman–Crippen MR) is 122 cm³/mol. The number of nitrogens with one attached hydrogen (secondary N) is 1. The minimum absolute atomic E-state index is 0.0553. The summed E-state index contributed by atoms with van der Waals surface area (Å²) >= 11 is 6.43. The number of fused-ring (bicyclic) bond motifs is 1. The van der Waals surface area contributed by atoms with E-state index in [-0.39, 0.29) is 17.6 Å². The van der Waals surface area contributed by atoms with Crippen molar-refractivity contribution in [2.75, 3.05) is 0 Å². The van der Waals surface area contributed by atoms with Crippen LogP contribution in [0.1, 0.15) is 75.0 Å². The number of benzene rings is 2. The molecule has 5 heteroatoms. The van der Waals surface area contributed by atoms with Crippen molar-refractivity contribution < 1.29 is 14.3 Å². The van der Waals surface area contributed by atoms with Gasteiger partial charge in [0.15, 0.2) is 0 Å². The average Bonchev–Trinajstić information content (AvgIpc) is 3.26. The van der Waals surface area contributed by atoms with E-state index in [1.54, 1.807) is 0 Å². The van der Waals surface area contributed by atoms with E-state index in [0.717, 1.165) is 61.2 Å². The number of hydrogen-bond acceptors (Lipinski definition) is 3. The number of carbonyl (C=O) groups is 1. The van der Waals surface area contributed by atoms with E-state index in [4.69, 9.17) is 21.1 Å². The number of ether oxygens (including phenoxy) is 2. The Morgan fingerprint density at radius 1 is 1.10 bits per heavy atom. The van der Waals surface area contributed by atoms with Gasteiger partial charge in [0.2, 0.25) is 5.91 Å². The highest BCUT2D eigenvalue weighted by Gasteiger charge is 2.46. The SMILES string of the molecule is O=C(CCc1ccccc1OC1CCCC1)N[C@@H]1CC2(CCC2)Oc2c(Cl)cccc21. The molecule has 1 aliphatic heterocycles. The lowest BCUT2D eigenvalue weighted by Crippen LogP contribution is -2.49. The van der Waals surface area contributed by atoms with Gasteiger partial charge in [-0.25, -0.2) is 0 Å². The fourth-order valence-electron chi connectivity index (χ4n) is 5.18. The molecule has 0 saturated heterocycles. The van der Waals surface area contributed by atoms with Crippen LogP contribution < -0.4 is 14.8 Å². The van der Waals surface area contributed by atoms with Crippen LogP contribution in [0.2, 0.25) is 5.02 Å². The van der Waals surface area contributed by atoms with Gasteiger partial charge in [0, 0.05) is 18.4 Å². The molecule has 1 amide bonds. The van der Waals surface area contributed by atoms with Crippen molar-refractivity contribution in [2.24, 2.45) is 0 Å². The first-order valence-electron chi connectivity index (χ1n) is 11.6. The van der Waals surface area contributed by atoms with Gasteiger partial charge >= 0.3 is 0 Å². The maximum atomic E-state index is 12.9. The summed E-state index contributed by atoms with van der Waals surface area (Å²) in [5, 5.41) is 3.90. The summed E-state index contributed by atoms with van der Waals surface area (Å²) in [7, 11) is 0. The van der Waals surface area contributed by atoms with Crippen LogP contribution in [0.25, 0.3) is 0 Å². The van der Waals surface area contributed by atoms with Crippen molar-refractivity contribution in [1.82, 2.24) is 5.32 Å². The number of rotatable bonds is 6. The molecule has 3 aliphatic rings. The predicted octanol–water partition coefficient (Wildman–Crippen LogP) is 6.16. The summed E-state index contributed by atoms with van der Waals surface area (Å²) in [6.45, 7) is 0. The van der Waals surface area contributed by atoms with Gasteiger partial charge in [-0.15, -0.1) is 0 Å². The molecule has 0 bridgehead atoms. The molecule has 0 unspecified atom stereocenters. The molecule has 2 saturated carbocycles. The third kappa shape index (κ3) is 4.41. The molecular weight excluding hydrogens is 410 g/mol. The number of carbonyl (C=O) groups excluding carboxylic acids is 1. The Bertz CT molecular complexity index is 949. The summed E-state index contributed by atoms with van der Waals surface area (Å²) in [4.78, 5) is 12.9. The third-order valence-corrected chi connectivity index (χ3v) is 7.36. The normalized spacial score (nSPS) is 21.8. The molecule has 2 aromatic carbocycles. The Balaban J connectivity index is 1.25. The standard InChI is InChI=1S/C26H30ClNO3/c27-21-11-5-10-20-22(17-26(15-6-16-26)31-25(20)21)28-24(29)14-13-18-7-1-4-12-23(18)30-19-8-2-3-9-19/h1,4-5,7,10-12,19,22H,2-3,6,8-9,13-17H2,(H,28,29)/t22-/m1/s1. The number of amides is 1. The number of aryl methyl sites for hydroxylation is 1. The van der Waals surface area contributed by atoms with Gasteiger partial charge in [-0.3, -0.25) is 4.79 Å². The molecule has 1 spiro atoms. The number of hydrogen-bond donors (Lipinski definition) is 1. The van der Waals surface area contributed by atoms with Crippen molar-refractivity contribution >= 4 is 17.5 Å². The van der Waals surface area contributed by atoms with Gasteiger partial charge < -0.3 is 14.8 Å². The Hall–Kier alpha value is -2.20. The highest BCUT2D eigenvalue weighted by atomic mass is 35.5. The van der Waals surface area contributed by atoms with Crippen LogP contribution in [-0.2, 0) is 11.2 Å². The minimum Gasteiger partial charge on any atom is -0.490 e. The van der Waals surface area contributed by atoms with Crippen molar-refractivity contribution in [3.63, 3.8) is 0 Å². The van der Waals surface area contributed by atoms with Crippen molar-refractivity contribution in [3.05, 3.63) is 58.6 Å². The zero-order valence-corrected chi connectivity index (χ0v) is 18.6. The monoisotopic (exact) mass is 439 g/mol. The van der Waals surface area contributed by atoms with Gasteiger partial charge in [-0.2, -0.15) is 0 Å². The molecular formula is C26H30ClNO3. The summed E-state index contributed by atoms with van der Waals surface area (Å²) < 4.78 is 12.5. The van der Waals surface area contributed by atoms with Crippen molar-refractivity contribution in [2.45, 2.75) is 82.0 Å². The largest absolute Gasteiger partial charge is 0.490 e. The lowest BCUT2D eigenvalue weighted by atomic mass is 9.73. The van der Waals surface area contributed by atoms with E-state index in [2.05, 4.69) is 11.4 Å². The number of halogens is 1. The summed E-state index contributed by atoms with van der Waals surface area (Å²) in [6.07, 6.45) is 10.2. The summed E-state index contributed by atoms with van der Waals surface area (Å²) in [5.74, 6) is 1.73. The zero-order valence-electron chi connectivity index (χ0n) is 17.9. The molecule has 1 atom stereocenters. The van der Waals surface area contributed by atoms with Gasteiger partial charge in [0.05, 0.1) is 17.2 Å². The maximum Gasteiger partial charge on any atom is 0.220 e. The first kappa shape index (κ1) is 20.7. The fourth-order valence-corrected chi connectivity index (χ4v) is 5.40. The first-order valence-corrected chi connectivity index (χ1v) is 12.0. The molecule has 1 heterocycles. The second-order valence-corrected chi connectivity index (χ2v) is 9.66. The van der Waals surface area contributed by atoms with E-state index >= 15 is 0 Å². The molecule has 0 aromatic heterocycles.